The third-order valence-electron chi connectivity index (χ3n) is 2.58. The van der Waals surface area contributed by atoms with E-state index in [0.29, 0.717) is 0 Å². The molecule has 6 heteroatoms. The minimum atomic E-state index is -3.29. The molecule has 1 aliphatic rings. The normalized spacial score (nSPS) is 22.1. The van der Waals surface area contributed by atoms with Crippen LogP contribution in [-0.4, -0.2) is 25.2 Å². The number of nitrogens with zero attached hydrogens (tertiary/aromatic N) is 1. The number of hydrogen-bond donors (Lipinski definition) is 1. The van der Waals surface area contributed by atoms with Gasteiger partial charge < -0.3 is 5.32 Å². The summed E-state index contributed by atoms with van der Waals surface area (Å²) in [5.74, 6) is 0. The molecule has 1 aromatic heterocycles. The van der Waals surface area contributed by atoms with Gasteiger partial charge in [0.25, 0.3) is 0 Å². The molecule has 1 aromatic rings. The van der Waals surface area contributed by atoms with Crippen LogP contribution < -0.4 is 5.32 Å². The predicted molar refractivity (Wildman–Crippen MR) is 59.7 cm³/mol. The molecule has 0 amide bonds. The van der Waals surface area contributed by atoms with Gasteiger partial charge in [-0.25, -0.2) is 12.4 Å². The van der Waals surface area contributed by atoms with Crippen molar-refractivity contribution >= 4 is 21.6 Å². The lowest BCUT2D eigenvalue weighted by atomic mass is 10.1. The number of aromatic nitrogens is 1. The first-order chi connectivity index (χ1) is 6.98. The van der Waals surface area contributed by atoms with Gasteiger partial charge in [-0.15, -0.1) is 0 Å². The Balaban J connectivity index is 2.36. The molecule has 0 saturated carbocycles. The van der Waals surface area contributed by atoms with E-state index < -0.39 is 10.0 Å². The largest absolute Gasteiger partial charge is 0.310 e. The molecule has 1 unspecified atom stereocenters. The fourth-order valence-corrected chi connectivity index (χ4v) is 3.08. The minimum absolute atomic E-state index is 0.241. The molecular weight excluding hydrogens is 236 g/mol. The SMILES string of the molecule is CS(=O)(=O)n1cc(C2CCCN2)cc1Cl. The summed E-state index contributed by atoms with van der Waals surface area (Å²) in [6.07, 6.45) is 4.89. The third-order valence-corrected chi connectivity index (χ3v) is 3.99. The molecule has 0 aromatic carbocycles. The molecular formula is C9H13ClN2O2S. The lowest BCUT2D eigenvalue weighted by Crippen LogP contribution is -2.13. The summed E-state index contributed by atoms with van der Waals surface area (Å²) in [6.45, 7) is 0.979. The standard InChI is InChI=1S/C9H13ClN2O2S/c1-15(13,14)12-6-7(5-9(12)10)8-3-2-4-11-8/h5-6,8,11H,2-4H2,1H3. The maximum Gasteiger partial charge on any atom is 0.236 e. The zero-order valence-electron chi connectivity index (χ0n) is 8.40. The maximum atomic E-state index is 11.3. The van der Waals surface area contributed by atoms with E-state index in [1.54, 1.807) is 12.3 Å². The molecule has 0 radical (unpaired) electrons. The van der Waals surface area contributed by atoms with Gasteiger partial charge in [-0.3, -0.25) is 0 Å². The van der Waals surface area contributed by atoms with Gasteiger partial charge in [-0.05, 0) is 31.0 Å². The van der Waals surface area contributed by atoms with Crippen LogP contribution in [0.4, 0.5) is 0 Å². The van der Waals surface area contributed by atoms with Gasteiger partial charge in [0, 0.05) is 12.2 Å². The van der Waals surface area contributed by atoms with Crippen LogP contribution in [0.3, 0.4) is 0 Å². The second kappa shape index (κ2) is 3.81. The van der Waals surface area contributed by atoms with E-state index in [1.807, 2.05) is 0 Å². The summed E-state index contributed by atoms with van der Waals surface area (Å²) in [4.78, 5) is 0. The van der Waals surface area contributed by atoms with Crippen LogP contribution in [0.15, 0.2) is 12.3 Å². The number of nitrogens with one attached hydrogen (secondary N) is 1. The summed E-state index contributed by atoms with van der Waals surface area (Å²) in [5.41, 5.74) is 0.947. The Morgan fingerprint density at radius 1 is 1.60 bits per heavy atom. The summed E-state index contributed by atoms with van der Waals surface area (Å²) in [6, 6.07) is 1.96. The van der Waals surface area contributed by atoms with Gasteiger partial charge in [-0.2, -0.15) is 0 Å². The van der Waals surface area contributed by atoms with Crippen LogP contribution in [0.25, 0.3) is 0 Å². The van der Waals surface area contributed by atoms with E-state index in [1.165, 1.54) is 0 Å². The smallest absolute Gasteiger partial charge is 0.236 e. The highest BCUT2D eigenvalue weighted by Crippen LogP contribution is 2.27. The first-order valence-electron chi connectivity index (χ1n) is 4.80. The van der Waals surface area contributed by atoms with Crippen molar-refractivity contribution in [3.63, 3.8) is 0 Å². The van der Waals surface area contributed by atoms with E-state index >= 15 is 0 Å². The van der Waals surface area contributed by atoms with Crippen molar-refractivity contribution in [1.29, 1.82) is 0 Å². The van der Waals surface area contributed by atoms with Gasteiger partial charge >= 0.3 is 0 Å². The number of hydrogen-bond acceptors (Lipinski definition) is 3. The molecule has 1 aliphatic heterocycles. The molecule has 0 aliphatic carbocycles. The van der Waals surface area contributed by atoms with Crippen molar-refractivity contribution in [1.82, 2.24) is 9.29 Å². The van der Waals surface area contributed by atoms with Crippen LogP contribution in [-0.2, 0) is 10.0 Å². The van der Waals surface area contributed by atoms with Gasteiger partial charge in [0.2, 0.25) is 10.0 Å². The second-order valence-corrected chi connectivity index (χ2v) is 6.05. The molecule has 15 heavy (non-hydrogen) atoms. The average molecular weight is 249 g/mol. The van der Waals surface area contributed by atoms with E-state index in [9.17, 15) is 8.42 Å². The lowest BCUT2D eigenvalue weighted by molar-refractivity contribution is 0.593. The Hall–Kier alpha value is -0.520. The highest BCUT2D eigenvalue weighted by molar-refractivity contribution is 7.89. The van der Waals surface area contributed by atoms with Gasteiger partial charge in [0.05, 0.1) is 6.26 Å². The van der Waals surface area contributed by atoms with E-state index in [2.05, 4.69) is 5.32 Å². The topological polar surface area (TPSA) is 51.1 Å². The fraction of sp³-hybridized carbons (Fsp3) is 0.556. The summed E-state index contributed by atoms with van der Waals surface area (Å²) in [7, 11) is -3.29. The second-order valence-electron chi connectivity index (χ2n) is 3.80. The van der Waals surface area contributed by atoms with Crippen LogP contribution in [0.2, 0.25) is 5.15 Å². The monoisotopic (exact) mass is 248 g/mol. The quantitative estimate of drug-likeness (QED) is 0.860. The molecule has 2 rings (SSSR count). The predicted octanol–water partition coefficient (Wildman–Crippen LogP) is 1.37. The number of rotatable bonds is 2. The Kier molecular flexibility index (Phi) is 2.79. The average Bonchev–Trinajstić information content (AvgIpc) is 2.68. The van der Waals surface area contributed by atoms with Crippen molar-refractivity contribution in [2.45, 2.75) is 18.9 Å². The first-order valence-corrected chi connectivity index (χ1v) is 7.03. The highest BCUT2D eigenvalue weighted by Gasteiger charge is 2.20. The first kappa shape index (κ1) is 11.0. The molecule has 84 valence electrons. The van der Waals surface area contributed by atoms with Crippen molar-refractivity contribution in [3.05, 3.63) is 23.0 Å². The van der Waals surface area contributed by atoms with E-state index in [-0.39, 0.29) is 11.2 Å². The van der Waals surface area contributed by atoms with Gasteiger partial charge in [0.1, 0.15) is 5.15 Å². The van der Waals surface area contributed by atoms with Crippen LogP contribution in [0.1, 0.15) is 24.4 Å². The van der Waals surface area contributed by atoms with E-state index in [0.717, 1.165) is 35.2 Å². The highest BCUT2D eigenvalue weighted by atomic mass is 35.5. The molecule has 0 bridgehead atoms. The summed E-state index contributed by atoms with van der Waals surface area (Å²) in [5, 5.41) is 3.55. The molecule has 1 N–H and O–H groups in total. The molecule has 1 fully saturated rings. The third kappa shape index (κ3) is 2.19. The summed E-state index contributed by atoms with van der Waals surface area (Å²) >= 11 is 5.86. The lowest BCUT2D eigenvalue weighted by Gasteiger charge is -2.06. The Labute approximate surface area is 94.3 Å². The molecule has 1 atom stereocenters. The van der Waals surface area contributed by atoms with Gasteiger partial charge in [0.15, 0.2) is 0 Å². The van der Waals surface area contributed by atoms with Crippen LogP contribution in [0.5, 0.6) is 0 Å². The van der Waals surface area contributed by atoms with E-state index in [4.69, 9.17) is 11.6 Å². The van der Waals surface area contributed by atoms with Crippen molar-refractivity contribution < 1.29 is 8.42 Å². The Morgan fingerprint density at radius 2 is 2.33 bits per heavy atom. The van der Waals surface area contributed by atoms with Crippen LogP contribution >= 0.6 is 11.6 Å². The van der Waals surface area contributed by atoms with Crippen molar-refractivity contribution in [2.75, 3.05) is 12.8 Å². The molecule has 0 spiro atoms. The van der Waals surface area contributed by atoms with Crippen molar-refractivity contribution in [3.8, 4) is 0 Å². The Morgan fingerprint density at radius 3 is 2.80 bits per heavy atom. The Bertz CT molecular complexity index is 460. The molecule has 4 nitrogen and oxygen atoms in total. The maximum absolute atomic E-state index is 11.3. The van der Waals surface area contributed by atoms with Crippen molar-refractivity contribution in [2.24, 2.45) is 0 Å². The minimum Gasteiger partial charge on any atom is -0.310 e. The summed E-state index contributed by atoms with van der Waals surface area (Å²) < 4.78 is 23.8. The van der Waals surface area contributed by atoms with Crippen LogP contribution in [0, 0.1) is 0 Å². The number of halogens is 1. The molecule has 2 heterocycles. The zero-order valence-corrected chi connectivity index (χ0v) is 9.98. The van der Waals surface area contributed by atoms with Gasteiger partial charge in [-0.1, -0.05) is 11.6 Å². The fourth-order valence-electron chi connectivity index (χ4n) is 1.85. The zero-order chi connectivity index (χ0) is 11.1. The molecule has 1 saturated heterocycles.